The first-order valence-corrected chi connectivity index (χ1v) is 9.40. The number of hydrogen-bond acceptors (Lipinski definition) is 7. The van der Waals surface area contributed by atoms with Gasteiger partial charge in [-0.05, 0) is 31.5 Å². The highest BCUT2D eigenvalue weighted by Crippen LogP contribution is 2.40. The number of ether oxygens (including phenoxy) is 1. The second-order valence-corrected chi connectivity index (χ2v) is 7.06. The lowest BCUT2D eigenvalue weighted by molar-refractivity contribution is -0.140. The summed E-state index contributed by atoms with van der Waals surface area (Å²) in [6, 6.07) is 4.87. The molecule has 0 saturated heterocycles. The molecular formula is C19H24N6O5. The van der Waals surface area contributed by atoms with Gasteiger partial charge in [-0.1, -0.05) is 12.1 Å². The molecule has 11 heteroatoms. The normalized spacial score (nSPS) is 17.1. The van der Waals surface area contributed by atoms with Crippen molar-refractivity contribution in [2.75, 3.05) is 13.2 Å². The summed E-state index contributed by atoms with van der Waals surface area (Å²) in [5, 5.41) is 9.56. The monoisotopic (exact) mass is 416 g/mol. The zero-order chi connectivity index (χ0) is 22.0. The number of rotatable bonds is 8. The van der Waals surface area contributed by atoms with E-state index in [0.717, 1.165) is 0 Å². The van der Waals surface area contributed by atoms with Gasteiger partial charge in [-0.3, -0.25) is 14.4 Å². The number of carboxylic acid groups (broad SMARTS) is 1. The van der Waals surface area contributed by atoms with Crippen LogP contribution in [0.1, 0.15) is 39.9 Å². The summed E-state index contributed by atoms with van der Waals surface area (Å²) in [5.41, 5.74) is 22.7. The molecule has 2 unspecified atom stereocenters. The van der Waals surface area contributed by atoms with E-state index in [4.69, 9.17) is 27.7 Å². The maximum Gasteiger partial charge on any atom is 0.320 e. The van der Waals surface area contributed by atoms with E-state index in [1.165, 1.54) is 4.57 Å². The number of carbonyl (C=O) groups excluding carboxylic acids is 2. The van der Waals surface area contributed by atoms with E-state index in [1.807, 2.05) is 0 Å². The molecule has 0 spiro atoms. The summed E-state index contributed by atoms with van der Waals surface area (Å²) in [6.45, 7) is 0.303. The Labute approximate surface area is 172 Å². The fourth-order valence-electron chi connectivity index (χ4n) is 3.84. The van der Waals surface area contributed by atoms with Crippen LogP contribution in [0, 0.1) is 5.92 Å². The van der Waals surface area contributed by atoms with Gasteiger partial charge in [0, 0.05) is 5.92 Å². The highest BCUT2D eigenvalue weighted by molar-refractivity contribution is 6.05. The maximum atomic E-state index is 12.3. The number of aromatic nitrogens is 2. The van der Waals surface area contributed by atoms with Crippen molar-refractivity contribution in [3.8, 4) is 17.1 Å². The number of imidazole rings is 1. The van der Waals surface area contributed by atoms with Gasteiger partial charge in [0.15, 0.2) is 5.69 Å². The van der Waals surface area contributed by atoms with Gasteiger partial charge in [0.2, 0.25) is 0 Å². The average molecular weight is 416 g/mol. The zero-order valence-corrected chi connectivity index (χ0v) is 16.2. The van der Waals surface area contributed by atoms with Crippen LogP contribution >= 0.6 is 0 Å². The van der Waals surface area contributed by atoms with Crippen LogP contribution in [0.2, 0.25) is 0 Å². The second-order valence-electron chi connectivity index (χ2n) is 7.06. The predicted octanol–water partition coefficient (Wildman–Crippen LogP) is -0.552. The molecule has 11 nitrogen and oxygen atoms in total. The minimum Gasteiger partial charge on any atom is -0.491 e. The minimum absolute atomic E-state index is 0.0188. The standard InChI is InChI=1S/C19H24N6O5/c20-7-3-5-9(13(21)19(28)29)11-8-30-12-6-2-1-4-10(12)18-24-14(16(22)26)15(17(23)27)25(11)18/h1-2,4,6,9,11,13H,3,5,7-8,20-21H2,(H2,22,26)(H2,23,27)(H,28,29)/t9?,11?,13-/m0/s1. The fraction of sp³-hybridized carbons (Fsp3) is 0.368. The molecule has 0 aliphatic carbocycles. The van der Waals surface area contributed by atoms with E-state index in [-0.39, 0.29) is 23.8 Å². The van der Waals surface area contributed by atoms with Crippen LogP contribution in [0.25, 0.3) is 11.4 Å². The number of nitrogens with two attached hydrogens (primary N) is 4. The Morgan fingerprint density at radius 2 is 1.93 bits per heavy atom. The van der Waals surface area contributed by atoms with E-state index in [0.29, 0.717) is 30.7 Å². The van der Waals surface area contributed by atoms with Gasteiger partial charge in [-0.25, -0.2) is 4.98 Å². The average Bonchev–Trinajstić information content (AvgIpc) is 3.04. The molecule has 2 amide bonds. The van der Waals surface area contributed by atoms with Crippen LogP contribution in [-0.4, -0.2) is 51.6 Å². The minimum atomic E-state index is -1.28. The molecule has 160 valence electrons. The number of benzene rings is 1. The third-order valence-electron chi connectivity index (χ3n) is 5.23. The highest BCUT2D eigenvalue weighted by Gasteiger charge is 2.40. The summed E-state index contributed by atoms with van der Waals surface area (Å²) >= 11 is 0. The van der Waals surface area contributed by atoms with E-state index < -0.39 is 35.8 Å². The number of para-hydroxylation sites is 1. The van der Waals surface area contributed by atoms with Crippen LogP contribution in [-0.2, 0) is 4.79 Å². The topological polar surface area (TPSA) is 203 Å². The summed E-state index contributed by atoms with van der Waals surface area (Å²) in [5.74, 6) is -3.06. The Morgan fingerprint density at radius 3 is 2.53 bits per heavy atom. The molecular weight excluding hydrogens is 392 g/mol. The molecule has 1 aromatic heterocycles. The molecule has 0 fully saturated rings. The predicted molar refractivity (Wildman–Crippen MR) is 107 cm³/mol. The Balaban J connectivity index is 2.29. The molecule has 0 bridgehead atoms. The van der Waals surface area contributed by atoms with Gasteiger partial charge < -0.3 is 37.3 Å². The molecule has 2 aromatic rings. The molecule has 9 N–H and O–H groups in total. The van der Waals surface area contributed by atoms with Gasteiger partial charge in [-0.15, -0.1) is 0 Å². The quantitative estimate of drug-likeness (QED) is 0.377. The zero-order valence-electron chi connectivity index (χ0n) is 16.2. The van der Waals surface area contributed by atoms with Crippen LogP contribution in [0.4, 0.5) is 0 Å². The fourth-order valence-corrected chi connectivity index (χ4v) is 3.84. The number of primary amides is 2. The Hall–Kier alpha value is -3.44. The van der Waals surface area contributed by atoms with Crippen molar-refractivity contribution in [2.45, 2.75) is 24.9 Å². The molecule has 1 aromatic carbocycles. The lowest BCUT2D eigenvalue weighted by Crippen LogP contribution is -2.44. The molecule has 1 aliphatic rings. The Bertz CT molecular complexity index is 988. The molecule has 30 heavy (non-hydrogen) atoms. The lowest BCUT2D eigenvalue weighted by atomic mass is 9.87. The summed E-state index contributed by atoms with van der Waals surface area (Å²) < 4.78 is 7.36. The second kappa shape index (κ2) is 8.51. The third kappa shape index (κ3) is 3.72. The smallest absolute Gasteiger partial charge is 0.320 e. The largest absolute Gasteiger partial charge is 0.491 e. The molecule has 0 saturated carbocycles. The number of hydrogen-bond donors (Lipinski definition) is 5. The van der Waals surface area contributed by atoms with Gasteiger partial charge in [0.05, 0.1) is 11.6 Å². The number of nitrogens with zero attached hydrogens (tertiary/aromatic N) is 2. The Kier molecular flexibility index (Phi) is 6.04. The van der Waals surface area contributed by atoms with Crippen molar-refractivity contribution < 1.29 is 24.2 Å². The Morgan fingerprint density at radius 1 is 1.23 bits per heavy atom. The summed E-state index contributed by atoms with van der Waals surface area (Å²) in [6.07, 6.45) is 0.837. The number of fused-ring (bicyclic) bond motifs is 3. The first-order chi connectivity index (χ1) is 14.3. The van der Waals surface area contributed by atoms with E-state index >= 15 is 0 Å². The third-order valence-corrected chi connectivity index (χ3v) is 5.23. The van der Waals surface area contributed by atoms with Gasteiger partial charge in [-0.2, -0.15) is 0 Å². The molecule has 0 radical (unpaired) electrons. The van der Waals surface area contributed by atoms with Gasteiger partial charge >= 0.3 is 5.97 Å². The van der Waals surface area contributed by atoms with Crippen LogP contribution < -0.4 is 27.7 Å². The highest BCUT2D eigenvalue weighted by atomic mass is 16.5. The van der Waals surface area contributed by atoms with Crippen LogP contribution in [0.5, 0.6) is 5.75 Å². The van der Waals surface area contributed by atoms with Crippen molar-refractivity contribution in [1.29, 1.82) is 0 Å². The van der Waals surface area contributed by atoms with E-state index in [1.54, 1.807) is 24.3 Å². The van der Waals surface area contributed by atoms with E-state index in [2.05, 4.69) is 4.98 Å². The van der Waals surface area contributed by atoms with Crippen molar-refractivity contribution in [2.24, 2.45) is 28.9 Å². The summed E-state index contributed by atoms with van der Waals surface area (Å²) in [4.78, 5) is 40.3. The first-order valence-electron chi connectivity index (χ1n) is 9.40. The van der Waals surface area contributed by atoms with Gasteiger partial charge in [0.25, 0.3) is 11.8 Å². The molecule has 2 heterocycles. The first kappa shape index (κ1) is 21.3. The molecule has 3 atom stereocenters. The molecule has 1 aliphatic heterocycles. The van der Waals surface area contributed by atoms with Crippen LogP contribution in [0.3, 0.4) is 0 Å². The SMILES string of the molecule is NCCCC(C1COc2ccccc2-c2nc(C(N)=O)c(C(N)=O)n21)[C@H](N)C(=O)O. The van der Waals surface area contributed by atoms with Crippen molar-refractivity contribution in [3.05, 3.63) is 35.7 Å². The number of aliphatic carboxylic acids is 1. The molecule has 3 rings (SSSR count). The summed E-state index contributed by atoms with van der Waals surface area (Å²) in [7, 11) is 0. The number of carbonyl (C=O) groups is 3. The van der Waals surface area contributed by atoms with E-state index in [9.17, 15) is 19.5 Å². The van der Waals surface area contributed by atoms with Crippen molar-refractivity contribution in [3.63, 3.8) is 0 Å². The van der Waals surface area contributed by atoms with Crippen LogP contribution in [0.15, 0.2) is 24.3 Å². The number of amides is 2. The lowest BCUT2D eigenvalue weighted by Gasteiger charge is -2.31. The number of carboxylic acids is 1. The van der Waals surface area contributed by atoms with Gasteiger partial charge in [0.1, 0.15) is 29.9 Å². The maximum absolute atomic E-state index is 12.3. The van der Waals surface area contributed by atoms with Crippen molar-refractivity contribution >= 4 is 17.8 Å². The van der Waals surface area contributed by atoms with Crippen molar-refractivity contribution in [1.82, 2.24) is 9.55 Å².